The van der Waals surface area contributed by atoms with Gasteiger partial charge in [0.25, 0.3) is 0 Å². The molecule has 0 aromatic heterocycles. The van der Waals surface area contributed by atoms with Crippen molar-refractivity contribution in [2.24, 2.45) is 0 Å². The molecule has 6 nitrogen and oxygen atoms in total. The number of nitrogens with zero attached hydrogens (tertiary/aromatic N) is 1. The van der Waals surface area contributed by atoms with Gasteiger partial charge in [0.15, 0.2) is 0 Å². The van der Waals surface area contributed by atoms with Gasteiger partial charge in [0.2, 0.25) is 5.91 Å². The maximum Gasteiger partial charge on any atom is 0.406 e. The van der Waals surface area contributed by atoms with Crippen molar-refractivity contribution in [2.75, 3.05) is 26.2 Å². The molecule has 1 unspecified atom stereocenters. The Morgan fingerprint density at radius 2 is 2.24 bits per heavy atom. The first-order chi connectivity index (χ1) is 7.79. The molecule has 0 saturated carbocycles. The Morgan fingerprint density at radius 1 is 1.59 bits per heavy atom. The summed E-state index contributed by atoms with van der Waals surface area (Å²) in [5, 5.41) is 13.0. The molecule has 2 amide bonds. The minimum Gasteiger partial charge on any atom is -0.465 e. The molecule has 0 aromatic carbocycles. The topological polar surface area (TPSA) is 81.7 Å². The van der Waals surface area contributed by atoms with Crippen molar-refractivity contribution in [3.63, 3.8) is 0 Å². The predicted molar refractivity (Wildman–Crippen MR) is 50.5 cm³/mol. The van der Waals surface area contributed by atoms with Crippen LogP contribution in [0.25, 0.3) is 0 Å². The highest BCUT2D eigenvalue weighted by Crippen LogP contribution is 2.17. The van der Waals surface area contributed by atoms with Gasteiger partial charge in [0, 0.05) is 19.6 Å². The third-order valence-electron chi connectivity index (χ3n) is 2.18. The molecule has 9 heteroatoms. The van der Waals surface area contributed by atoms with Crippen LogP contribution in [-0.2, 0) is 4.79 Å². The monoisotopic (exact) mass is 255 g/mol. The zero-order valence-electron chi connectivity index (χ0n) is 8.75. The van der Waals surface area contributed by atoms with Crippen LogP contribution < -0.4 is 10.6 Å². The number of carboxylic acid groups (broad SMARTS) is 1. The minimum absolute atomic E-state index is 0.0144. The zero-order chi connectivity index (χ0) is 13.1. The van der Waals surface area contributed by atoms with Crippen LogP contribution in [-0.4, -0.2) is 60.4 Å². The van der Waals surface area contributed by atoms with Crippen molar-refractivity contribution in [1.29, 1.82) is 0 Å². The summed E-state index contributed by atoms with van der Waals surface area (Å²) in [6.07, 6.45) is -5.94. The van der Waals surface area contributed by atoms with Crippen LogP contribution in [0.15, 0.2) is 0 Å². The lowest BCUT2D eigenvalue weighted by Gasteiger charge is -2.24. The van der Waals surface area contributed by atoms with Crippen LogP contribution in [0.4, 0.5) is 18.0 Å². The van der Waals surface area contributed by atoms with E-state index >= 15 is 0 Å². The van der Waals surface area contributed by atoms with E-state index in [-0.39, 0.29) is 19.6 Å². The van der Waals surface area contributed by atoms with E-state index in [9.17, 15) is 22.8 Å². The molecule has 0 radical (unpaired) electrons. The van der Waals surface area contributed by atoms with Gasteiger partial charge in [-0.05, 0) is 0 Å². The number of rotatable bonds is 2. The number of hydrogen-bond donors (Lipinski definition) is 3. The van der Waals surface area contributed by atoms with E-state index in [0.29, 0.717) is 4.90 Å². The summed E-state index contributed by atoms with van der Waals surface area (Å²) in [5.74, 6) is -0.866. The Bertz CT molecular complexity index is 308. The molecule has 0 aromatic rings. The summed E-state index contributed by atoms with van der Waals surface area (Å²) < 4.78 is 36.6. The average molecular weight is 255 g/mol. The second-order valence-electron chi connectivity index (χ2n) is 3.58. The summed E-state index contributed by atoms with van der Waals surface area (Å²) in [7, 11) is 0. The first kappa shape index (κ1) is 13.6. The van der Waals surface area contributed by atoms with Crippen LogP contribution in [0.1, 0.15) is 0 Å². The summed E-state index contributed by atoms with van der Waals surface area (Å²) in [5.41, 5.74) is 0. The van der Waals surface area contributed by atoms with Crippen LogP contribution in [0.3, 0.4) is 0 Å². The van der Waals surface area contributed by atoms with E-state index in [0.717, 1.165) is 0 Å². The molecule has 0 aliphatic carbocycles. The number of carbonyl (C=O) groups excluding carboxylic acids is 1. The fourth-order valence-corrected chi connectivity index (χ4v) is 1.51. The van der Waals surface area contributed by atoms with Crippen molar-refractivity contribution in [3.8, 4) is 0 Å². The van der Waals surface area contributed by atoms with Crippen molar-refractivity contribution in [3.05, 3.63) is 0 Å². The third kappa shape index (κ3) is 4.47. The van der Waals surface area contributed by atoms with Gasteiger partial charge in [-0.25, -0.2) is 4.79 Å². The van der Waals surface area contributed by atoms with Crippen molar-refractivity contribution < 1.29 is 27.9 Å². The highest BCUT2D eigenvalue weighted by Gasteiger charge is 2.36. The lowest BCUT2D eigenvalue weighted by molar-refractivity contribution is -0.161. The summed E-state index contributed by atoms with van der Waals surface area (Å²) >= 11 is 0. The van der Waals surface area contributed by atoms with E-state index in [1.165, 1.54) is 0 Å². The van der Waals surface area contributed by atoms with Crippen LogP contribution in [0.5, 0.6) is 0 Å². The zero-order valence-corrected chi connectivity index (χ0v) is 8.75. The molecule has 1 aliphatic rings. The molecule has 17 heavy (non-hydrogen) atoms. The highest BCUT2D eigenvalue weighted by atomic mass is 19.4. The number of amides is 2. The second-order valence-corrected chi connectivity index (χ2v) is 3.58. The van der Waals surface area contributed by atoms with Crippen molar-refractivity contribution in [1.82, 2.24) is 15.5 Å². The third-order valence-corrected chi connectivity index (χ3v) is 2.18. The molecule has 0 spiro atoms. The van der Waals surface area contributed by atoms with Crippen LogP contribution >= 0.6 is 0 Å². The van der Waals surface area contributed by atoms with Gasteiger partial charge in [-0.2, -0.15) is 13.2 Å². The van der Waals surface area contributed by atoms with Gasteiger partial charge in [-0.1, -0.05) is 0 Å². The minimum atomic E-state index is -4.49. The fourth-order valence-electron chi connectivity index (χ4n) is 1.51. The maximum absolute atomic E-state index is 12.2. The number of alkyl halides is 3. The molecule has 1 saturated heterocycles. The molecule has 1 fully saturated rings. The van der Waals surface area contributed by atoms with Crippen molar-refractivity contribution in [2.45, 2.75) is 12.2 Å². The lowest BCUT2D eigenvalue weighted by Crippen LogP contribution is -2.51. The van der Waals surface area contributed by atoms with E-state index in [4.69, 9.17) is 5.11 Å². The largest absolute Gasteiger partial charge is 0.465 e. The molecule has 98 valence electrons. The maximum atomic E-state index is 12.2. The Labute approximate surface area is 94.8 Å². The highest BCUT2D eigenvalue weighted by molar-refractivity contribution is 5.85. The smallest absolute Gasteiger partial charge is 0.406 e. The molecular weight excluding hydrogens is 243 g/mol. The summed E-state index contributed by atoms with van der Waals surface area (Å²) in [4.78, 5) is 22.6. The molecule has 1 rings (SSSR count). The van der Waals surface area contributed by atoms with E-state index in [1.807, 2.05) is 5.32 Å². The Morgan fingerprint density at radius 3 is 2.76 bits per heavy atom. The molecule has 3 N–H and O–H groups in total. The summed E-state index contributed by atoms with van der Waals surface area (Å²) in [6, 6.07) is -1.18. The lowest BCUT2D eigenvalue weighted by atomic mass is 10.2. The standard InChI is InChI=1S/C8H12F3N3O3/c9-8(10,11)4-14-2-1-12-3-5(6(14)15)13-7(16)17/h5,12-13H,1-4H2,(H,16,17). The van der Waals surface area contributed by atoms with E-state index in [2.05, 4.69) is 5.32 Å². The van der Waals surface area contributed by atoms with Gasteiger partial charge in [-0.3, -0.25) is 4.79 Å². The normalized spacial score (nSPS) is 22.2. The van der Waals surface area contributed by atoms with Gasteiger partial charge in [0.1, 0.15) is 12.6 Å². The first-order valence-electron chi connectivity index (χ1n) is 4.85. The van der Waals surface area contributed by atoms with Gasteiger partial charge in [-0.15, -0.1) is 0 Å². The fraction of sp³-hybridized carbons (Fsp3) is 0.750. The summed E-state index contributed by atoms with van der Waals surface area (Å²) in [6.45, 7) is -1.29. The number of halogens is 3. The molecule has 1 heterocycles. The molecule has 1 atom stereocenters. The Balaban J connectivity index is 2.70. The average Bonchev–Trinajstić information content (AvgIpc) is 2.30. The van der Waals surface area contributed by atoms with Gasteiger partial charge in [0.05, 0.1) is 0 Å². The molecule has 0 bridgehead atoms. The molecule has 1 aliphatic heterocycles. The number of carbonyl (C=O) groups is 2. The van der Waals surface area contributed by atoms with Crippen LogP contribution in [0.2, 0.25) is 0 Å². The predicted octanol–water partition coefficient (Wildman–Crippen LogP) is -0.383. The Hall–Kier alpha value is -1.51. The van der Waals surface area contributed by atoms with E-state index in [1.54, 1.807) is 0 Å². The quantitative estimate of drug-likeness (QED) is 0.628. The van der Waals surface area contributed by atoms with Crippen LogP contribution in [0, 0.1) is 0 Å². The SMILES string of the molecule is O=C(O)NC1CNCCN(CC(F)(F)F)C1=O. The van der Waals surface area contributed by atoms with E-state index < -0.39 is 30.8 Å². The number of nitrogens with one attached hydrogen (secondary N) is 2. The molecular formula is C8H12F3N3O3. The Kier molecular flexibility index (Phi) is 4.16. The van der Waals surface area contributed by atoms with Gasteiger partial charge >= 0.3 is 12.3 Å². The van der Waals surface area contributed by atoms with Gasteiger partial charge < -0.3 is 20.6 Å². The number of hydrogen-bond acceptors (Lipinski definition) is 3. The first-order valence-corrected chi connectivity index (χ1v) is 4.85. The van der Waals surface area contributed by atoms with Crippen molar-refractivity contribution >= 4 is 12.0 Å². The second kappa shape index (κ2) is 5.21.